The number of esters is 2. The average molecular weight is 480 g/mol. The molecule has 2 aromatic carbocycles. The molecule has 1 aromatic heterocycles. The zero-order valence-corrected chi connectivity index (χ0v) is 19.1. The highest BCUT2D eigenvalue weighted by molar-refractivity contribution is 5.89. The first-order valence-corrected chi connectivity index (χ1v) is 10.9. The number of aromatic amines is 1. The van der Waals surface area contributed by atoms with Crippen molar-refractivity contribution in [2.24, 2.45) is 0 Å². The number of hydrogen-bond acceptors (Lipinski definition) is 8. The second-order valence-corrected chi connectivity index (χ2v) is 7.94. The predicted molar refractivity (Wildman–Crippen MR) is 123 cm³/mol. The summed E-state index contributed by atoms with van der Waals surface area (Å²) < 4.78 is 23.9. The fourth-order valence-corrected chi connectivity index (χ4v) is 3.83. The fourth-order valence-electron chi connectivity index (χ4n) is 3.83. The molecule has 0 radical (unpaired) electrons. The molecular weight excluding hydrogens is 456 g/mol. The fraction of sp³-hybridized carbons (Fsp3) is 0.280. The zero-order valence-electron chi connectivity index (χ0n) is 19.1. The Morgan fingerprint density at radius 1 is 0.943 bits per heavy atom. The molecular formula is C25H24N2O8. The number of hydrogen-bond donors (Lipinski definition) is 1. The monoisotopic (exact) mass is 480 g/mol. The molecule has 182 valence electrons. The minimum absolute atomic E-state index is 0.223. The van der Waals surface area contributed by atoms with Crippen LogP contribution in [0, 0.1) is 6.92 Å². The van der Waals surface area contributed by atoms with Crippen LogP contribution >= 0.6 is 0 Å². The maximum absolute atomic E-state index is 12.8. The molecule has 4 atom stereocenters. The number of nitrogens with zero attached hydrogens (tertiary/aromatic N) is 1. The van der Waals surface area contributed by atoms with E-state index in [9.17, 15) is 19.2 Å². The Hall–Kier alpha value is -4.02. The van der Waals surface area contributed by atoms with Crippen LogP contribution < -0.4 is 11.2 Å². The Morgan fingerprint density at radius 2 is 1.54 bits per heavy atom. The summed E-state index contributed by atoms with van der Waals surface area (Å²) in [4.78, 5) is 51.9. The van der Waals surface area contributed by atoms with E-state index in [0.29, 0.717) is 11.1 Å². The number of carbonyl (C=O) groups is 2. The number of methoxy groups -OCH3 is 1. The topological polar surface area (TPSA) is 126 Å². The molecule has 1 unspecified atom stereocenters. The smallest absolute Gasteiger partial charge is 0.338 e. The molecule has 35 heavy (non-hydrogen) atoms. The normalized spacial score (nSPS) is 21.4. The standard InChI is InChI=1S/C25H24N2O8/c1-15-13-27(25(31)26-21(15)28)22-20(35-24(30)17-11-7-4-8-12-17)19(32-2)18(34-22)14-33-23(29)16-9-5-3-6-10-16/h3-13,18-20,22H,14H2,1-2H3,(H,26,28,31)/t18-,19+,20-,22?/m1/s1. The van der Waals surface area contributed by atoms with Crippen LogP contribution in [0.15, 0.2) is 76.4 Å². The summed E-state index contributed by atoms with van der Waals surface area (Å²) in [5.74, 6) is -1.22. The van der Waals surface area contributed by atoms with Gasteiger partial charge in [-0.3, -0.25) is 14.3 Å². The van der Waals surface area contributed by atoms with Gasteiger partial charge in [0.1, 0.15) is 18.8 Å². The van der Waals surface area contributed by atoms with E-state index in [2.05, 4.69) is 4.98 Å². The van der Waals surface area contributed by atoms with E-state index in [-0.39, 0.29) is 12.2 Å². The molecule has 4 rings (SSSR count). The molecule has 10 nitrogen and oxygen atoms in total. The second kappa shape index (κ2) is 10.5. The van der Waals surface area contributed by atoms with Gasteiger partial charge in [-0.05, 0) is 31.2 Å². The lowest BCUT2D eigenvalue weighted by Gasteiger charge is -2.24. The molecule has 1 aliphatic rings. The third-order valence-corrected chi connectivity index (χ3v) is 5.62. The van der Waals surface area contributed by atoms with Gasteiger partial charge in [-0.15, -0.1) is 0 Å². The van der Waals surface area contributed by atoms with Gasteiger partial charge in [-0.1, -0.05) is 36.4 Å². The van der Waals surface area contributed by atoms with Crippen LogP contribution in [-0.4, -0.2) is 53.5 Å². The number of rotatable bonds is 7. The van der Waals surface area contributed by atoms with Crippen LogP contribution in [0.4, 0.5) is 0 Å². The van der Waals surface area contributed by atoms with E-state index in [1.807, 2.05) is 0 Å². The predicted octanol–water partition coefficient (Wildman–Crippen LogP) is 1.84. The Labute approximate surface area is 200 Å². The van der Waals surface area contributed by atoms with Crippen molar-refractivity contribution in [3.8, 4) is 0 Å². The van der Waals surface area contributed by atoms with Crippen molar-refractivity contribution in [1.29, 1.82) is 0 Å². The highest BCUT2D eigenvalue weighted by Crippen LogP contribution is 2.33. The van der Waals surface area contributed by atoms with Crippen LogP contribution in [0.3, 0.4) is 0 Å². The summed E-state index contributed by atoms with van der Waals surface area (Å²) >= 11 is 0. The summed E-state index contributed by atoms with van der Waals surface area (Å²) in [6.45, 7) is 1.31. The van der Waals surface area contributed by atoms with Gasteiger partial charge in [0.2, 0.25) is 0 Å². The van der Waals surface area contributed by atoms with E-state index < -0.39 is 47.7 Å². The summed E-state index contributed by atoms with van der Waals surface area (Å²) in [6.07, 6.45) is -2.66. The van der Waals surface area contributed by atoms with Gasteiger partial charge in [-0.2, -0.15) is 0 Å². The molecule has 0 bridgehead atoms. The Bertz CT molecular complexity index is 1300. The highest BCUT2D eigenvalue weighted by Gasteiger charge is 2.49. The van der Waals surface area contributed by atoms with Crippen molar-refractivity contribution in [3.63, 3.8) is 0 Å². The molecule has 1 aliphatic heterocycles. The lowest BCUT2D eigenvalue weighted by atomic mass is 10.1. The van der Waals surface area contributed by atoms with Crippen molar-refractivity contribution >= 4 is 11.9 Å². The third kappa shape index (κ3) is 5.23. The lowest BCUT2D eigenvalue weighted by Crippen LogP contribution is -2.42. The largest absolute Gasteiger partial charge is 0.459 e. The van der Waals surface area contributed by atoms with E-state index in [1.54, 1.807) is 60.7 Å². The van der Waals surface area contributed by atoms with Crippen LogP contribution in [0.1, 0.15) is 32.5 Å². The van der Waals surface area contributed by atoms with Gasteiger partial charge in [0.15, 0.2) is 12.3 Å². The molecule has 0 saturated carbocycles. The number of benzene rings is 2. The molecule has 0 spiro atoms. The molecule has 10 heteroatoms. The summed E-state index contributed by atoms with van der Waals surface area (Å²) in [6, 6.07) is 16.7. The van der Waals surface area contributed by atoms with E-state index in [4.69, 9.17) is 18.9 Å². The molecule has 0 amide bonds. The number of H-pyrrole nitrogens is 1. The molecule has 2 heterocycles. The first kappa shape index (κ1) is 24.1. The van der Waals surface area contributed by atoms with Gasteiger partial charge in [0.25, 0.3) is 5.56 Å². The van der Waals surface area contributed by atoms with Crippen molar-refractivity contribution in [2.45, 2.75) is 31.5 Å². The van der Waals surface area contributed by atoms with Gasteiger partial charge in [0, 0.05) is 18.9 Å². The van der Waals surface area contributed by atoms with Crippen LogP contribution in [0.25, 0.3) is 0 Å². The van der Waals surface area contributed by atoms with Gasteiger partial charge in [-0.25, -0.2) is 14.4 Å². The molecule has 1 fully saturated rings. The van der Waals surface area contributed by atoms with Crippen molar-refractivity contribution in [1.82, 2.24) is 9.55 Å². The zero-order chi connectivity index (χ0) is 24.9. The van der Waals surface area contributed by atoms with Crippen LogP contribution in [0.5, 0.6) is 0 Å². The Morgan fingerprint density at radius 3 is 2.14 bits per heavy atom. The van der Waals surface area contributed by atoms with Crippen molar-refractivity contribution in [2.75, 3.05) is 13.7 Å². The number of aromatic nitrogens is 2. The molecule has 1 N–H and O–H groups in total. The van der Waals surface area contributed by atoms with Crippen molar-refractivity contribution in [3.05, 3.63) is 104 Å². The Kier molecular flexibility index (Phi) is 7.23. The number of carbonyl (C=O) groups excluding carboxylic acids is 2. The quantitative estimate of drug-likeness (QED) is 0.508. The lowest BCUT2D eigenvalue weighted by molar-refractivity contribution is -0.0643. The van der Waals surface area contributed by atoms with E-state index >= 15 is 0 Å². The van der Waals surface area contributed by atoms with Gasteiger partial charge >= 0.3 is 17.6 Å². The summed E-state index contributed by atoms with van der Waals surface area (Å²) in [7, 11) is 1.40. The highest BCUT2D eigenvalue weighted by atomic mass is 16.6. The van der Waals surface area contributed by atoms with Crippen LogP contribution in [-0.2, 0) is 18.9 Å². The second-order valence-electron chi connectivity index (χ2n) is 7.94. The number of aryl methyl sites for hydroxylation is 1. The third-order valence-electron chi connectivity index (χ3n) is 5.62. The van der Waals surface area contributed by atoms with E-state index in [1.165, 1.54) is 20.2 Å². The minimum atomic E-state index is -1.14. The summed E-state index contributed by atoms with van der Waals surface area (Å²) in [5.41, 5.74) is -0.378. The molecule has 3 aromatic rings. The van der Waals surface area contributed by atoms with Crippen molar-refractivity contribution < 1.29 is 28.5 Å². The minimum Gasteiger partial charge on any atom is -0.459 e. The number of nitrogens with one attached hydrogen (secondary N) is 1. The van der Waals surface area contributed by atoms with E-state index in [0.717, 1.165) is 4.57 Å². The first-order valence-electron chi connectivity index (χ1n) is 10.9. The van der Waals surface area contributed by atoms with Gasteiger partial charge in [0.05, 0.1) is 11.1 Å². The first-order chi connectivity index (χ1) is 16.9. The maximum Gasteiger partial charge on any atom is 0.338 e. The SMILES string of the molecule is CO[C@H]1[C@@H](COC(=O)c2ccccc2)OC(n2cc(C)c(=O)[nH]c2=O)[C@@H]1OC(=O)c1ccccc1. The Balaban J connectivity index is 1.62. The maximum atomic E-state index is 12.8. The molecule has 0 aliphatic carbocycles. The number of ether oxygens (including phenoxy) is 4. The average Bonchev–Trinajstić information content (AvgIpc) is 3.22. The van der Waals surface area contributed by atoms with Gasteiger partial charge < -0.3 is 18.9 Å². The van der Waals surface area contributed by atoms with Crippen LogP contribution in [0.2, 0.25) is 0 Å². The summed E-state index contributed by atoms with van der Waals surface area (Å²) in [5, 5.41) is 0. The molecule has 1 saturated heterocycles.